The number of esters is 1. The van der Waals surface area contributed by atoms with E-state index in [0.717, 1.165) is 4.47 Å². The largest absolute Gasteiger partial charge is 0.454 e. The third kappa shape index (κ3) is 4.92. The minimum atomic E-state index is -0.588. The molecule has 2 heterocycles. The maximum atomic E-state index is 12.7. The Hall–Kier alpha value is -3.24. The number of ether oxygens (including phenoxy) is 3. The third-order valence-electron chi connectivity index (χ3n) is 4.13. The van der Waals surface area contributed by atoms with Crippen molar-refractivity contribution in [3.63, 3.8) is 0 Å². The zero-order valence-electron chi connectivity index (χ0n) is 15.7. The highest BCUT2D eigenvalue weighted by atomic mass is 79.9. The number of hydrazone groups is 1. The second kappa shape index (κ2) is 9.27. The van der Waals surface area contributed by atoms with Crippen LogP contribution in [-0.4, -0.2) is 29.9 Å². The van der Waals surface area contributed by atoms with Gasteiger partial charge in [0.05, 0.1) is 21.8 Å². The fourth-order valence-electron chi connectivity index (χ4n) is 2.68. The van der Waals surface area contributed by atoms with Crippen molar-refractivity contribution in [2.45, 2.75) is 0 Å². The fourth-order valence-corrected chi connectivity index (χ4v) is 4.02. The number of amides is 1. The number of rotatable bonds is 5. The van der Waals surface area contributed by atoms with Crippen LogP contribution in [0.1, 0.15) is 26.3 Å². The van der Waals surface area contributed by atoms with E-state index in [1.54, 1.807) is 48.7 Å². The van der Waals surface area contributed by atoms with Crippen molar-refractivity contribution in [3.8, 4) is 17.2 Å². The number of benzene rings is 2. The van der Waals surface area contributed by atoms with Gasteiger partial charge < -0.3 is 14.2 Å². The molecule has 1 aliphatic rings. The number of halogens is 2. The summed E-state index contributed by atoms with van der Waals surface area (Å²) in [5.74, 6) is 0.278. The van der Waals surface area contributed by atoms with Gasteiger partial charge in [-0.25, -0.2) is 10.2 Å². The number of aromatic nitrogens is 1. The van der Waals surface area contributed by atoms with Gasteiger partial charge in [0.2, 0.25) is 6.79 Å². The molecule has 0 bridgehead atoms. The Morgan fingerprint density at radius 3 is 2.74 bits per heavy atom. The maximum absolute atomic E-state index is 12.7. The smallest absolute Gasteiger partial charge is 0.343 e. The van der Waals surface area contributed by atoms with E-state index < -0.39 is 11.9 Å². The molecule has 0 fully saturated rings. The lowest BCUT2D eigenvalue weighted by Gasteiger charge is -2.11. The van der Waals surface area contributed by atoms with Gasteiger partial charge in [0.25, 0.3) is 5.91 Å². The van der Waals surface area contributed by atoms with Crippen molar-refractivity contribution in [1.82, 2.24) is 10.4 Å². The van der Waals surface area contributed by atoms with E-state index >= 15 is 0 Å². The van der Waals surface area contributed by atoms with Gasteiger partial charge in [-0.15, -0.1) is 0 Å². The summed E-state index contributed by atoms with van der Waals surface area (Å²) in [4.78, 5) is 28.7. The highest BCUT2D eigenvalue weighted by Crippen LogP contribution is 2.35. The molecule has 1 N–H and O–H groups in total. The minimum absolute atomic E-state index is 0.109. The van der Waals surface area contributed by atoms with Gasteiger partial charge in [-0.2, -0.15) is 5.10 Å². The summed E-state index contributed by atoms with van der Waals surface area (Å²) in [6, 6.07) is 11.5. The number of hydrogen-bond acceptors (Lipinski definition) is 7. The second-order valence-electron chi connectivity index (χ2n) is 6.20. The van der Waals surface area contributed by atoms with Crippen LogP contribution < -0.4 is 19.6 Å². The summed E-state index contributed by atoms with van der Waals surface area (Å²) in [6.07, 6.45) is 4.38. The molecule has 0 spiro atoms. The average Bonchev–Trinajstić information content (AvgIpc) is 3.24. The molecule has 31 heavy (non-hydrogen) atoms. The monoisotopic (exact) mass is 545 g/mol. The Kier molecular flexibility index (Phi) is 6.28. The molecule has 1 amide bonds. The Labute approximate surface area is 193 Å². The van der Waals surface area contributed by atoms with E-state index in [1.165, 1.54) is 12.4 Å². The van der Waals surface area contributed by atoms with Crippen molar-refractivity contribution >= 4 is 50.0 Å². The second-order valence-corrected chi connectivity index (χ2v) is 7.97. The van der Waals surface area contributed by atoms with Crippen LogP contribution in [0.25, 0.3) is 0 Å². The lowest BCUT2D eigenvalue weighted by Crippen LogP contribution is -2.18. The molecule has 0 unspecified atom stereocenters. The molecular weight excluding hydrogens is 534 g/mol. The molecule has 0 radical (unpaired) electrons. The highest BCUT2D eigenvalue weighted by molar-refractivity contribution is 9.11. The lowest BCUT2D eigenvalue weighted by atomic mass is 10.2. The Balaban J connectivity index is 1.54. The molecule has 0 atom stereocenters. The molecular formula is C21H13Br2N3O5. The molecule has 4 rings (SSSR count). The molecule has 8 nitrogen and oxygen atoms in total. The fraction of sp³-hybridized carbons (Fsp3) is 0.0476. The van der Waals surface area contributed by atoms with Gasteiger partial charge in [0, 0.05) is 22.4 Å². The molecule has 0 saturated carbocycles. The predicted octanol–water partition coefficient (Wildman–Crippen LogP) is 4.32. The van der Waals surface area contributed by atoms with Gasteiger partial charge >= 0.3 is 5.97 Å². The third-order valence-corrected chi connectivity index (χ3v) is 5.18. The highest BCUT2D eigenvalue weighted by Gasteiger charge is 2.19. The van der Waals surface area contributed by atoms with E-state index in [4.69, 9.17) is 14.2 Å². The quantitative estimate of drug-likeness (QED) is 0.221. The Morgan fingerprint density at radius 1 is 1.10 bits per heavy atom. The number of carbonyl (C=O) groups excluding carboxylic acids is 2. The average molecular weight is 547 g/mol. The molecule has 2 aromatic carbocycles. The number of pyridine rings is 1. The summed E-state index contributed by atoms with van der Waals surface area (Å²) in [5, 5.41) is 3.97. The van der Waals surface area contributed by atoms with Gasteiger partial charge in [0.15, 0.2) is 17.2 Å². The minimum Gasteiger partial charge on any atom is -0.454 e. The van der Waals surface area contributed by atoms with Gasteiger partial charge in [0.1, 0.15) is 0 Å². The van der Waals surface area contributed by atoms with Crippen LogP contribution in [-0.2, 0) is 0 Å². The van der Waals surface area contributed by atoms with Gasteiger partial charge in [-0.1, -0.05) is 15.9 Å². The van der Waals surface area contributed by atoms with Crippen LogP contribution in [0, 0.1) is 0 Å². The standard InChI is InChI=1S/C21H13Br2N3O5/c22-15-6-14(10-25-26-20(27)13-2-1-5-24-9-13)19(16(23)8-15)31-21(28)12-3-4-17-18(7-12)30-11-29-17/h1-10H,11H2,(H,26,27)/b25-10+. The molecule has 0 saturated heterocycles. The SMILES string of the molecule is O=C(N/N=C/c1cc(Br)cc(Br)c1OC(=O)c1ccc2c(c1)OCO2)c1cccnc1. The lowest BCUT2D eigenvalue weighted by molar-refractivity contribution is 0.0732. The summed E-state index contributed by atoms with van der Waals surface area (Å²) in [6.45, 7) is 0.109. The van der Waals surface area contributed by atoms with E-state index in [9.17, 15) is 9.59 Å². The van der Waals surface area contributed by atoms with E-state index in [0.29, 0.717) is 32.7 Å². The first kappa shape index (κ1) is 21.0. The summed E-state index contributed by atoms with van der Waals surface area (Å²) in [5.41, 5.74) is 3.54. The van der Waals surface area contributed by atoms with Crippen molar-refractivity contribution in [2.75, 3.05) is 6.79 Å². The van der Waals surface area contributed by atoms with Crippen LogP contribution in [0.2, 0.25) is 0 Å². The summed E-state index contributed by atoms with van der Waals surface area (Å²) in [7, 11) is 0. The number of fused-ring (bicyclic) bond motifs is 1. The molecule has 1 aromatic heterocycles. The van der Waals surface area contributed by atoms with Gasteiger partial charge in [-0.05, 0) is 58.4 Å². The molecule has 3 aromatic rings. The number of nitrogens with one attached hydrogen (secondary N) is 1. The van der Waals surface area contributed by atoms with Gasteiger partial charge in [-0.3, -0.25) is 9.78 Å². The van der Waals surface area contributed by atoms with Crippen molar-refractivity contribution in [3.05, 3.63) is 80.5 Å². The van der Waals surface area contributed by atoms with Crippen LogP contribution in [0.15, 0.2) is 68.9 Å². The number of carbonyl (C=O) groups is 2. The summed E-state index contributed by atoms with van der Waals surface area (Å²) < 4.78 is 17.4. The van der Waals surface area contributed by atoms with Crippen LogP contribution in [0.5, 0.6) is 17.2 Å². The van der Waals surface area contributed by atoms with Crippen LogP contribution >= 0.6 is 31.9 Å². The first-order chi connectivity index (χ1) is 15.0. The predicted molar refractivity (Wildman–Crippen MR) is 119 cm³/mol. The Morgan fingerprint density at radius 2 is 1.94 bits per heavy atom. The first-order valence-electron chi connectivity index (χ1n) is 8.85. The van der Waals surface area contributed by atoms with E-state index in [2.05, 4.69) is 47.4 Å². The van der Waals surface area contributed by atoms with E-state index in [-0.39, 0.29) is 12.5 Å². The topological polar surface area (TPSA) is 99.1 Å². The number of hydrogen-bond donors (Lipinski definition) is 1. The first-order valence-corrected chi connectivity index (χ1v) is 10.4. The molecule has 1 aliphatic heterocycles. The van der Waals surface area contributed by atoms with E-state index in [1.807, 2.05) is 0 Å². The summed E-state index contributed by atoms with van der Waals surface area (Å²) >= 11 is 6.79. The zero-order chi connectivity index (χ0) is 21.8. The maximum Gasteiger partial charge on any atom is 0.343 e. The molecule has 156 valence electrons. The van der Waals surface area contributed by atoms with Crippen LogP contribution in [0.4, 0.5) is 0 Å². The number of nitrogens with zero attached hydrogens (tertiary/aromatic N) is 2. The van der Waals surface area contributed by atoms with Crippen molar-refractivity contribution in [2.24, 2.45) is 5.10 Å². The normalized spacial score (nSPS) is 12.1. The van der Waals surface area contributed by atoms with Crippen molar-refractivity contribution < 1.29 is 23.8 Å². The zero-order valence-corrected chi connectivity index (χ0v) is 18.8. The molecule has 0 aliphatic carbocycles. The van der Waals surface area contributed by atoms with Crippen molar-refractivity contribution in [1.29, 1.82) is 0 Å². The van der Waals surface area contributed by atoms with Crippen LogP contribution in [0.3, 0.4) is 0 Å². The molecule has 10 heteroatoms. The Bertz CT molecular complexity index is 1190.